The Hall–Kier alpha value is -2.47. The van der Waals surface area contributed by atoms with E-state index >= 15 is 0 Å². The van der Waals surface area contributed by atoms with Gasteiger partial charge >= 0.3 is 0 Å². The molecule has 4 nitrogen and oxygen atoms in total. The van der Waals surface area contributed by atoms with Crippen LogP contribution in [-0.2, 0) is 16.1 Å². The van der Waals surface area contributed by atoms with Crippen molar-refractivity contribution in [1.82, 2.24) is 5.32 Å². The highest BCUT2D eigenvalue weighted by Gasteiger charge is 2.36. The first-order chi connectivity index (χ1) is 11.9. The average Bonchev–Trinajstić information content (AvgIpc) is 2.94. The van der Waals surface area contributed by atoms with Gasteiger partial charge in [-0.1, -0.05) is 23.7 Å². The monoisotopic (exact) mass is 364 g/mol. The zero-order valence-electron chi connectivity index (χ0n) is 13.1. The standard InChI is InChI=1S/C18H15ClF2N2O2/c19-13-3-1-2-11(6-13)9-22-18(25)12-7-17(24)23(10-12)16-5-4-14(20)8-15(16)21/h1-6,8,12H,7,9-10H2,(H,22,25). The number of carbonyl (C=O) groups excluding carboxylic acids is 2. The summed E-state index contributed by atoms with van der Waals surface area (Å²) in [6.07, 6.45) is -0.0157. The van der Waals surface area contributed by atoms with Gasteiger partial charge in [-0.25, -0.2) is 8.78 Å². The Kier molecular flexibility index (Phi) is 4.99. The molecule has 0 spiro atoms. The van der Waals surface area contributed by atoms with E-state index in [0.29, 0.717) is 5.02 Å². The molecule has 0 aliphatic carbocycles. The molecule has 1 heterocycles. The first kappa shape index (κ1) is 17.4. The molecule has 7 heteroatoms. The molecule has 0 bridgehead atoms. The van der Waals surface area contributed by atoms with Gasteiger partial charge in [-0.2, -0.15) is 0 Å². The molecule has 0 aromatic heterocycles. The van der Waals surface area contributed by atoms with E-state index in [1.807, 2.05) is 6.07 Å². The van der Waals surface area contributed by atoms with Crippen molar-refractivity contribution < 1.29 is 18.4 Å². The van der Waals surface area contributed by atoms with Gasteiger partial charge in [0.05, 0.1) is 11.6 Å². The fraction of sp³-hybridized carbons (Fsp3) is 0.222. The van der Waals surface area contributed by atoms with Crippen LogP contribution in [0.1, 0.15) is 12.0 Å². The normalized spacial score (nSPS) is 17.0. The number of halogens is 3. The van der Waals surface area contributed by atoms with Crippen LogP contribution in [0.5, 0.6) is 0 Å². The Morgan fingerprint density at radius 1 is 1.24 bits per heavy atom. The summed E-state index contributed by atoms with van der Waals surface area (Å²) < 4.78 is 26.9. The van der Waals surface area contributed by atoms with E-state index in [0.717, 1.165) is 17.7 Å². The zero-order chi connectivity index (χ0) is 18.0. The highest BCUT2D eigenvalue weighted by Crippen LogP contribution is 2.28. The number of carbonyl (C=O) groups is 2. The van der Waals surface area contributed by atoms with Crippen LogP contribution >= 0.6 is 11.6 Å². The lowest BCUT2D eigenvalue weighted by atomic mass is 10.1. The van der Waals surface area contributed by atoms with Crippen molar-refractivity contribution in [2.24, 2.45) is 5.92 Å². The van der Waals surface area contributed by atoms with Crippen molar-refractivity contribution >= 4 is 29.1 Å². The van der Waals surface area contributed by atoms with Crippen LogP contribution in [0.25, 0.3) is 0 Å². The molecule has 2 amide bonds. The Balaban J connectivity index is 1.64. The van der Waals surface area contributed by atoms with Crippen LogP contribution in [0.3, 0.4) is 0 Å². The van der Waals surface area contributed by atoms with Gasteiger partial charge in [0.2, 0.25) is 11.8 Å². The molecule has 1 aliphatic rings. The average molecular weight is 365 g/mol. The second-order valence-corrected chi connectivity index (χ2v) is 6.29. The minimum absolute atomic E-state index is 0.0157. The van der Waals surface area contributed by atoms with Gasteiger partial charge < -0.3 is 10.2 Å². The lowest BCUT2D eigenvalue weighted by molar-refractivity contribution is -0.126. The van der Waals surface area contributed by atoms with Crippen molar-refractivity contribution in [3.05, 3.63) is 64.7 Å². The van der Waals surface area contributed by atoms with Crippen LogP contribution in [0, 0.1) is 17.6 Å². The predicted octanol–water partition coefficient (Wildman–Crippen LogP) is 3.29. The van der Waals surface area contributed by atoms with Gasteiger partial charge in [-0.15, -0.1) is 0 Å². The number of amides is 2. The van der Waals surface area contributed by atoms with E-state index in [2.05, 4.69) is 5.32 Å². The molecule has 25 heavy (non-hydrogen) atoms. The number of nitrogens with zero attached hydrogens (tertiary/aromatic N) is 1. The second kappa shape index (κ2) is 7.19. The Labute approximate surface area is 148 Å². The zero-order valence-corrected chi connectivity index (χ0v) is 13.9. The SMILES string of the molecule is O=C(NCc1cccc(Cl)c1)C1CC(=O)N(c2ccc(F)cc2F)C1. The van der Waals surface area contributed by atoms with Crippen molar-refractivity contribution in [2.45, 2.75) is 13.0 Å². The van der Waals surface area contributed by atoms with Crippen LogP contribution in [0.15, 0.2) is 42.5 Å². The Bertz CT molecular complexity index is 828. The smallest absolute Gasteiger partial charge is 0.227 e. The van der Waals surface area contributed by atoms with Crippen molar-refractivity contribution in [2.75, 3.05) is 11.4 Å². The van der Waals surface area contributed by atoms with Gasteiger partial charge in [0.1, 0.15) is 11.6 Å². The summed E-state index contributed by atoms with van der Waals surface area (Å²) in [6.45, 7) is 0.345. The third kappa shape index (κ3) is 3.96. The highest BCUT2D eigenvalue weighted by atomic mass is 35.5. The second-order valence-electron chi connectivity index (χ2n) is 5.85. The molecule has 2 aromatic carbocycles. The van der Waals surface area contributed by atoms with E-state index < -0.39 is 17.6 Å². The van der Waals surface area contributed by atoms with E-state index in [1.54, 1.807) is 18.2 Å². The molecule has 3 rings (SSSR count). The van der Waals surface area contributed by atoms with Gasteiger partial charge in [-0.3, -0.25) is 9.59 Å². The summed E-state index contributed by atoms with van der Waals surface area (Å²) in [7, 11) is 0. The summed E-state index contributed by atoms with van der Waals surface area (Å²) in [4.78, 5) is 25.6. The predicted molar refractivity (Wildman–Crippen MR) is 90.1 cm³/mol. The largest absolute Gasteiger partial charge is 0.352 e. The third-order valence-corrected chi connectivity index (χ3v) is 4.29. The maximum absolute atomic E-state index is 13.9. The lowest BCUT2D eigenvalue weighted by Gasteiger charge is -2.17. The van der Waals surface area contributed by atoms with Gasteiger partial charge in [-0.05, 0) is 29.8 Å². The van der Waals surface area contributed by atoms with Crippen molar-refractivity contribution in [3.63, 3.8) is 0 Å². The highest BCUT2D eigenvalue weighted by molar-refractivity contribution is 6.30. The molecule has 1 N–H and O–H groups in total. The number of benzene rings is 2. The fourth-order valence-corrected chi connectivity index (χ4v) is 3.01. The molecule has 2 aromatic rings. The number of anilines is 1. The van der Waals surface area contributed by atoms with Gasteiger partial charge in [0.25, 0.3) is 0 Å². The van der Waals surface area contributed by atoms with Gasteiger partial charge in [0, 0.05) is 30.6 Å². The summed E-state index contributed by atoms with van der Waals surface area (Å²) in [6, 6.07) is 10.1. The van der Waals surface area contributed by atoms with E-state index in [4.69, 9.17) is 11.6 Å². The number of rotatable bonds is 4. The summed E-state index contributed by atoms with van der Waals surface area (Å²) in [5.41, 5.74) is 0.822. The van der Waals surface area contributed by atoms with Gasteiger partial charge in [0.15, 0.2) is 0 Å². The minimum atomic E-state index is -0.826. The van der Waals surface area contributed by atoms with Crippen LogP contribution in [0.4, 0.5) is 14.5 Å². The molecular weight excluding hydrogens is 350 g/mol. The quantitative estimate of drug-likeness (QED) is 0.905. The third-order valence-electron chi connectivity index (χ3n) is 4.05. The number of hydrogen-bond donors (Lipinski definition) is 1. The first-order valence-corrected chi connectivity index (χ1v) is 8.09. The minimum Gasteiger partial charge on any atom is -0.352 e. The lowest BCUT2D eigenvalue weighted by Crippen LogP contribution is -2.32. The molecule has 1 aliphatic heterocycles. The molecule has 1 atom stereocenters. The maximum atomic E-state index is 13.9. The topological polar surface area (TPSA) is 49.4 Å². The molecule has 0 saturated carbocycles. The van der Waals surface area contributed by atoms with Crippen LogP contribution in [0.2, 0.25) is 5.02 Å². The summed E-state index contributed by atoms with van der Waals surface area (Å²) in [5, 5.41) is 3.32. The van der Waals surface area contributed by atoms with Crippen molar-refractivity contribution in [1.29, 1.82) is 0 Å². The van der Waals surface area contributed by atoms with E-state index in [-0.39, 0.29) is 37.0 Å². The van der Waals surface area contributed by atoms with E-state index in [9.17, 15) is 18.4 Å². The molecular formula is C18H15ClF2N2O2. The molecule has 0 radical (unpaired) electrons. The number of hydrogen-bond acceptors (Lipinski definition) is 2. The molecule has 1 fully saturated rings. The molecule has 1 saturated heterocycles. The Morgan fingerprint density at radius 2 is 2.04 bits per heavy atom. The molecule has 130 valence electrons. The summed E-state index contributed by atoms with van der Waals surface area (Å²) in [5.74, 6) is -2.79. The van der Waals surface area contributed by atoms with E-state index in [1.165, 1.54) is 11.0 Å². The summed E-state index contributed by atoms with van der Waals surface area (Å²) >= 11 is 5.89. The molecule has 1 unspecified atom stereocenters. The first-order valence-electron chi connectivity index (χ1n) is 7.71. The van der Waals surface area contributed by atoms with Crippen LogP contribution in [-0.4, -0.2) is 18.4 Å². The number of nitrogens with one attached hydrogen (secondary N) is 1. The van der Waals surface area contributed by atoms with Crippen LogP contribution < -0.4 is 10.2 Å². The maximum Gasteiger partial charge on any atom is 0.227 e. The van der Waals surface area contributed by atoms with Crippen molar-refractivity contribution in [3.8, 4) is 0 Å². The fourth-order valence-electron chi connectivity index (χ4n) is 2.80. The Morgan fingerprint density at radius 3 is 2.76 bits per heavy atom.